The normalized spacial score (nSPS) is 11.6. The van der Waals surface area contributed by atoms with Gasteiger partial charge < -0.3 is 5.11 Å². The van der Waals surface area contributed by atoms with Crippen molar-refractivity contribution >= 4 is 5.97 Å². The molecule has 1 N–H and O–H groups in total. The highest BCUT2D eigenvalue weighted by Gasteiger charge is 2.31. The maximum absolute atomic E-state index is 12.6. The van der Waals surface area contributed by atoms with Gasteiger partial charge >= 0.3 is 12.1 Å². The number of aryl methyl sites for hydroxylation is 1. The lowest BCUT2D eigenvalue weighted by molar-refractivity contribution is -0.137. The topological polar surface area (TPSA) is 55.1 Å². The van der Waals surface area contributed by atoms with Gasteiger partial charge in [0.25, 0.3) is 0 Å². The van der Waals surface area contributed by atoms with Crippen LogP contribution in [0, 0.1) is 0 Å². The largest absolute Gasteiger partial charge is 0.478 e. The highest BCUT2D eigenvalue weighted by Crippen LogP contribution is 2.32. The van der Waals surface area contributed by atoms with Crippen LogP contribution >= 0.6 is 0 Å². The van der Waals surface area contributed by atoms with E-state index in [-0.39, 0.29) is 16.8 Å². The van der Waals surface area contributed by atoms with E-state index in [1.54, 1.807) is 0 Å². The van der Waals surface area contributed by atoms with Gasteiger partial charge in [0, 0.05) is 18.8 Å². The number of rotatable bonds is 2. The van der Waals surface area contributed by atoms with Crippen LogP contribution in [0.25, 0.3) is 11.3 Å². The van der Waals surface area contributed by atoms with E-state index in [1.165, 1.54) is 30.1 Å². The number of carbonyl (C=O) groups is 1. The Morgan fingerprint density at radius 1 is 1.37 bits per heavy atom. The molecule has 19 heavy (non-hydrogen) atoms. The van der Waals surface area contributed by atoms with Crippen molar-refractivity contribution in [2.75, 3.05) is 0 Å². The first kappa shape index (κ1) is 13.1. The fraction of sp³-hybridized carbons (Fsp3) is 0.167. The minimum absolute atomic E-state index is 0.0149. The van der Waals surface area contributed by atoms with Crippen molar-refractivity contribution in [1.82, 2.24) is 9.78 Å². The Morgan fingerprint density at radius 3 is 2.63 bits per heavy atom. The zero-order chi connectivity index (χ0) is 14.2. The molecule has 1 aromatic carbocycles. The highest BCUT2D eigenvalue weighted by atomic mass is 19.4. The predicted molar refractivity (Wildman–Crippen MR) is 60.6 cm³/mol. The molecule has 0 fully saturated rings. The summed E-state index contributed by atoms with van der Waals surface area (Å²) in [6, 6.07) is 4.42. The Labute approximate surface area is 106 Å². The van der Waals surface area contributed by atoms with Crippen molar-refractivity contribution < 1.29 is 23.1 Å². The van der Waals surface area contributed by atoms with Gasteiger partial charge in [0.15, 0.2) is 0 Å². The third-order valence-electron chi connectivity index (χ3n) is 2.52. The van der Waals surface area contributed by atoms with E-state index in [9.17, 15) is 18.0 Å². The van der Waals surface area contributed by atoms with Gasteiger partial charge in [0.05, 0.1) is 5.56 Å². The number of aromatic carboxylic acids is 1. The van der Waals surface area contributed by atoms with Crippen molar-refractivity contribution in [2.45, 2.75) is 6.18 Å². The number of carboxylic acids is 1. The van der Waals surface area contributed by atoms with Crippen LogP contribution in [0.4, 0.5) is 13.2 Å². The van der Waals surface area contributed by atoms with E-state index in [0.29, 0.717) is 0 Å². The molecule has 0 bridgehead atoms. The van der Waals surface area contributed by atoms with Crippen LogP contribution in [-0.2, 0) is 13.2 Å². The summed E-state index contributed by atoms with van der Waals surface area (Å²) in [6.07, 6.45) is -3.23. The molecule has 0 unspecified atom stereocenters. The lowest BCUT2D eigenvalue weighted by Crippen LogP contribution is -2.05. The Kier molecular flexibility index (Phi) is 3.05. The summed E-state index contributed by atoms with van der Waals surface area (Å²) in [5, 5.41) is 12.9. The number of hydrogen-bond donors (Lipinski definition) is 1. The van der Waals surface area contributed by atoms with Crippen LogP contribution in [-0.4, -0.2) is 20.9 Å². The standard InChI is InChI=1S/C12H9F3N2O2/c1-17-6-9(11(18)19)10(16-17)7-3-2-4-8(5-7)12(13,14)15/h2-6H,1H3,(H,18,19). The molecule has 100 valence electrons. The fourth-order valence-electron chi connectivity index (χ4n) is 1.70. The van der Waals surface area contributed by atoms with Crippen LogP contribution in [0.1, 0.15) is 15.9 Å². The van der Waals surface area contributed by atoms with Crippen molar-refractivity contribution in [3.8, 4) is 11.3 Å². The molecule has 0 aliphatic heterocycles. The monoisotopic (exact) mass is 270 g/mol. The summed E-state index contributed by atoms with van der Waals surface area (Å²) >= 11 is 0. The Balaban J connectivity index is 2.57. The molecular weight excluding hydrogens is 261 g/mol. The molecule has 0 atom stereocenters. The zero-order valence-electron chi connectivity index (χ0n) is 9.77. The first-order chi connectivity index (χ1) is 8.79. The summed E-state index contributed by atoms with van der Waals surface area (Å²) in [4.78, 5) is 11.0. The number of halogens is 3. The molecular formula is C12H9F3N2O2. The summed E-state index contributed by atoms with van der Waals surface area (Å²) in [6.45, 7) is 0. The molecule has 1 heterocycles. The van der Waals surface area contributed by atoms with E-state index in [0.717, 1.165) is 12.1 Å². The number of aromatic nitrogens is 2. The van der Waals surface area contributed by atoms with E-state index in [1.807, 2.05) is 0 Å². The van der Waals surface area contributed by atoms with E-state index < -0.39 is 17.7 Å². The van der Waals surface area contributed by atoms with Crippen molar-refractivity contribution in [3.05, 3.63) is 41.6 Å². The van der Waals surface area contributed by atoms with Gasteiger partial charge in [-0.15, -0.1) is 0 Å². The summed E-state index contributed by atoms with van der Waals surface area (Å²) in [5.41, 5.74) is -0.845. The molecule has 2 rings (SSSR count). The van der Waals surface area contributed by atoms with Crippen LogP contribution in [0.2, 0.25) is 0 Å². The van der Waals surface area contributed by atoms with E-state index >= 15 is 0 Å². The molecule has 0 aliphatic carbocycles. The number of alkyl halides is 3. The number of nitrogens with zero attached hydrogens (tertiary/aromatic N) is 2. The van der Waals surface area contributed by atoms with Crippen LogP contribution < -0.4 is 0 Å². The van der Waals surface area contributed by atoms with E-state index in [4.69, 9.17) is 5.11 Å². The average molecular weight is 270 g/mol. The predicted octanol–water partition coefficient (Wildman–Crippen LogP) is 2.80. The van der Waals surface area contributed by atoms with Gasteiger partial charge in [-0.3, -0.25) is 4.68 Å². The number of hydrogen-bond acceptors (Lipinski definition) is 2. The molecule has 4 nitrogen and oxygen atoms in total. The number of carboxylic acid groups (broad SMARTS) is 1. The molecule has 0 spiro atoms. The quantitative estimate of drug-likeness (QED) is 0.912. The summed E-state index contributed by atoms with van der Waals surface area (Å²) < 4.78 is 39.1. The minimum Gasteiger partial charge on any atom is -0.478 e. The maximum atomic E-state index is 12.6. The third kappa shape index (κ3) is 2.59. The third-order valence-corrected chi connectivity index (χ3v) is 2.52. The molecule has 0 saturated carbocycles. The van der Waals surface area contributed by atoms with Gasteiger partial charge in [0.2, 0.25) is 0 Å². The smallest absolute Gasteiger partial charge is 0.416 e. The van der Waals surface area contributed by atoms with Crippen LogP contribution in [0.5, 0.6) is 0 Å². The van der Waals surface area contributed by atoms with Gasteiger partial charge in [-0.1, -0.05) is 12.1 Å². The van der Waals surface area contributed by atoms with Crippen LogP contribution in [0.15, 0.2) is 30.5 Å². The molecule has 0 saturated heterocycles. The Hall–Kier alpha value is -2.31. The summed E-state index contributed by atoms with van der Waals surface area (Å²) in [5.74, 6) is -1.24. The molecule has 0 radical (unpaired) electrons. The maximum Gasteiger partial charge on any atom is 0.416 e. The van der Waals surface area contributed by atoms with Crippen molar-refractivity contribution in [3.63, 3.8) is 0 Å². The minimum atomic E-state index is -4.48. The molecule has 0 amide bonds. The lowest BCUT2D eigenvalue weighted by Gasteiger charge is -2.07. The number of benzene rings is 1. The molecule has 1 aromatic heterocycles. The second kappa shape index (κ2) is 4.42. The van der Waals surface area contributed by atoms with Gasteiger partial charge in [0.1, 0.15) is 11.3 Å². The highest BCUT2D eigenvalue weighted by molar-refractivity contribution is 5.94. The van der Waals surface area contributed by atoms with Crippen molar-refractivity contribution in [1.29, 1.82) is 0 Å². The lowest BCUT2D eigenvalue weighted by atomic mass is 10.1. The first-order valence-electron chi connectivity index (χ1n) is 5.23. The average Bonchev–Trinajstić information content (AvgIpc) is 2.71. The van der Waals surface area contributed by atoms with E-state index in [2.05, 4.69) is 5.10 Å². The second-order valence-electron chi connectivity index (χ2n) is 3.95. The van der Waals surface area contributed by atoms with Gasteiger partial charge in [-0.2, -0.15) is 18.3 Å². The molecule has 0 aliphatic rings. The second-order valence-corrected chi connectivity index (χ2v) is 3.95. The zero-order valence-corrected chi connectivity index (χ0v) is 9.77. The fourth-order valence-corrected chi connectivity index (χ4v) is 1.70. The SMILES string of the molecule is Cn1cc(C(=O)O)c(-c2cccc(C(F)(F)F)c2)n1. The van der Waals surface area contributed by atoms with Gasteiger partial charge in [-0.05, 0) is 12.1 Å². The molecule has 7 heteroatoms. The summed E-state index contributed by atoms with van der Waals surface area (Å²) in [7, 11) is 1.50. The van der Waals surface area contributed by atoms with Gasteiger partial charge in [-0.25, -0.2) is 4.79 Å². The van der Waals surface area contributed by atoms with Crippen LogP contribution in [0.3, 0.4) is 0 Å². The Bertz CT molecular complexity index is 632. The van der Waals surface area contributed by atoms with Crippen molar-refractivity contribution in [2.24, 2.45) is 7.05 Å². The molecule has 2 aromatic rings. The Morgan fingerprint density at radius 2 is 2.05 bits per heavy atom. The first-order valence-corrected chi connectivity index (χ1v) is 5.23.